The summed E-state index contributed by atoms with van der Waals surface area (Å²) in [4.78, 5) is 17.0. The summed E-state index contributed by atoms with van der Waals surface area (Å²) in [7, 11) is 0. The Hall–Kier alpha value is -2.18. The molecule has 6 nitrogen and oxygen atoms in total. The van der Waals surface area contributed by atoms with Crippen LogP contribution in [-0.4, -0.2) is 28.6 Å². The van der Waals surface area contributed by atoms with Crippen molar-refractivity contribution in [1.82, 2.24) is 10.3 Å². The molecule has 0 bridgehead atoms. The van der Waals surface area contributed by atoms with Crippen molar-refractivity contribution in [3.05, 3.63) is 52.7 Å². The van der Waals surface area contributed by atoms with E-state index in [9.17, 15) is 9.90 Å². The van der Waals surface area contributed by atoms with E-state index in [2.05, 4.69) is 56.2 Å². The van der Waals surface area contributed by atoms with Crippen molar-refractivity contribution in [2.24, 2.45) is 17.1 Å². The molecule has 4 N–H and O–H groups in total. The molecule has 180 valence electrons. The highest BCUT2D eigenvalue weighted by molar-refractivity contribution is 5.91. The van der Waals surface area contributed by atoms with Gasteiger partial charge in [-0.2, -0.15) is 0 Å². The van der Waals surface area contributed by atoms with E-state index in [1.54, 1.807) is 6.92 Å². The molecule has 4 rings (SSSR count). The van der Waals surface area contributed by atoms with Crippen molar-refractivity contribution in [2.45, 2.75) is 90.2 Å². The zero-order valence-corrected chi connectivity index (χ0v) is 20.6. The number of rotatable bonds is 6. The smallest absolute Gasteiger partial charge is 0.273 e. The third-order valence-electron chi connectivity index (χ3n) is 8.38. The molecule has 0 radical (unpaired) electrons. The Morgan fingerprint density at radius 1 is 1.30 bits per heavy atom. The Bertz CT molecular complexity index is 1010. The van der Waals surface area contributed by atoms with Gasteiger partial charge in [0.1, 0.15) is 12.3 Å². The Kier molecular flexibility index (Phi) is 6.45. The second kappa shape index (κ2) is 8.88. The molecule has 6 heteroatoms. The summed E-state index contributed by atoms with van der Waals surface area (Å²) < 4.78 is 5.34. The number of hydrogen-bond donors (Lipinski definition) is 3. The monoisotopic (exact) mass is 453 g/mol. The standard InChI is InChI=1S/C27H39N3O3/c1-16(2)18-7-9-20-19(13-18)8-10-22-26(4,11-6-12-27(20,22)5)15-29-24(32)21-14-33-25(30-21)23(28)17(3)31/h7,9,13-14,16-17,22-23,31H,6,8,10-12,15,28H2,1-5H3,(H,29,32). The van der Waals surface area contributed by atoms with Gasteiger partial charge in [-0.05, 0) is 72.0 Å². The second-order valence-corrected chi connectivity index (χ2v) is 11.1. The molecule has 1 heterocycles. The first kappa shape index (κ1) is 24.0. The maximum atomic E-state index is 12.8. The van der Waals surface area contributed by atoms with E-state index < -0.39 is 12.1 Å². The molecule has 2 aliphatic rings. The average molecular weight is 454 g/mol. The number of aromatic nitrogens is 1. The van der Waals surface area contributed by atoms with Gasteiger partial charge < -0.3 is 20.6 Å². The molecule has 1 saturated carbocycles. The molecule has 0 spiro atoms. The SMILES string of the molecule is CC(C)c1ccc2c(c1)CCC1C(C)(CNC(=O)c3coc(C(N)C(C)O)n3)CCCC21C. The van der Waals surface area contributed by atoms with E-state index in [0.29, 0.717) is 18.4 Å². The van der Waals surface area contributed by atoms with Crippen LogP contribution >= 0.6 is 0 Å². The number of amides is 1. The van der Waals surface area contributed by atoms with E-state index in [1.807, 2.05) is 0 Å². The fourth-order valence-electron chi connectivity index (χ4n) is 6.34. The van der Waals surface area contributed by atoms with Crippen LogP contribution in [0.3, 0.4) is 0 Å². The van der Waals surface area contributed by atoms with Gasteiger partial charge in [-0.1, -0.05) is 52.3 Å². The molecule has 1 fully saturated rings. The van der Waals surface area contributed by atoms with Gasteiger partial charge in [0.2, 0.25) is 5.89 Å². The van der Waals surface area contributed by atoms with E-state index in [1.165, 1.54) is 29.4 Å². The summed E-state index contributed by atoms with van der Waals surface area (Å²) in [6.07, 6.45) is 6.22. The van der Waals surface area contributed by atoms with E-state index >= 15 is 0 Å². The minimum atomic E-state index is -0.802. The first-order chi connectivity index (χ1) is 15.5. The highest BCUT2D eigenvalue weighted by Gasteiger charge is 2.51. The van der Waals surface area contributed by atoms with Gasteiger partial charge >= 0.3 is 0 Å². The number of nitrogens with one attached hydrogen (secondary N) is 1. The van der Waals surface area contributed by atoms with Gasteiger partial charge in [-0.25, -0.2) is 4.98 Å². The normalized spacial score (nSPS) is 28.7. The number of nitrogens with zero attached hydrogens (tertiary/aromatic N) is 1. The van der Waals surface area contributed by atoms with Crippen molar-refractivity contribution in [3.8, 4) is 0 Å². The molecule has 5 unspecified atom stereocenters. The Morgan fingerprint density at radius 3 is 2.76 bits per heavy atom. The third kappa shape index (κ3) is 4.35. The van der Waals surface area contributed by atoms with Gasteiger partial charge in [0.05, 0.1) is 6.10 Å². The number of aliphatic hydroxyl groups excluding tert-OH is 1. The van der Waals surface area contributed by atoms with Gasteiger partial charge in [0.25, 0.3) is 5.91 Å². The minimum absolute atomic E-state index is 0.0135. The molecule has 1 aromatic heterocycles. The van der Waals surface area contributed by atoms with Crippen molar-refractivity contribution in [3.63, 3.8) is 0 Å². The zero-order valence-electron chi connectivity index (χ0n) is 20.6. The lowest BCUT2D eigenvalue weighted by atomic mass is 9.49. The maximum absolute atomic E-state index is 12.8. The molecule has 0 aliphatic heterocycles. The fraction of sp³-hybridized carbons (Fsp3) is 0.630. The van der Waals surface area contributed by atoms with Crippen molar-refractivity contribution >= 4 is 5.91 Å². The zero-order chi connectivity index (χ0) is 24.0. The second-order valence-electron chi connectivity index (χ2n) is 11.1. The molecule has 1 amide bonds. The Morgan fingerprint density at radius 2 is 2.06 bits per heavy atom. The van der Waals surface area contributed by atoms with Gasteiger partial charge in [-0.3, -0.25) is 4.79 Å². The highest BCUT2D eigenvalue weighted by atomic mass is 16.3. The molecule has 2 aromatic rings. The number of aryl methyl sites for hydroxylation is 1. The first-order valence-electron chi connectivity index (χ1n) is 12.4. The minimum Gasteiger partial charge on any atom is -0.446 e. The van der Waals surface area contributed by atoms with Crippen LogP contribution in [0.2, 0.25) is 0 Å². The van der Waals surface area contributed by atoms with Gasteiger partial charge in [-0.15, -0.1) is 0 Å². The number of hydrogen-bond acceptors (Lipinski definition) is 5. The van der Waals surface area contributed by atoms with E-state index in [0.717, 1.165) is 25.7 Å². The lowest BCUT2D eigenvalue weighted by molar-refractivity contribution is 0.0254. The van der Waals surface area contributed by atoms with Crippen LogP contribution in [0, 0.1) is 11.3 Å². The molecule has 5 atom stereocenters. The predicted molar refractivity (Wildman–Crippen MR) is 129 cm³/mol. The van der Waals surface area contributed by atoms with Crippen molar-refractivity contribution < 1.29 is 14.3 Å². The van der Waals surface area contributed by atoms with Crippen LogP contribution in [0.25, 0.3) is 0 Å². The number of fused-ring (bicyclic) bond motifs is 3. The van der Waals surface area contributed by atoms with E-state index in [4.69, 9.17) is 10.2 Å². The number of benzene rings is 1. The summed E-state index contributed by atoms with van der Waals surface area (Å²) in [5, 5.41) is 12.8. The summed E-state index contributed by atoms with van der Waals surface area (Å²) in [6, 6.07) is 6.37. The van der Waals surface area contributed by atoms with Crippen LogP contribution in [0.5, 0.6) is 0 Å². The van der Waals surface area contributed by atoms with E-state index in [-0.39, 0.29) is 28.3 Å². The fourth-order valence-corrected chi connectivity index (χ4v) is 6.34. The summed E-state index contributed by atoms with van der Waals surface area (Å²) in [6.45, 7) is 11.5. The lowest BCUT2D eigenvalue weighted by Crippen LogP contribution is -2.53. The Balaban J connectivity index is 1.50. The largest absolute Gasteiger partial charge is 0.446 e. The van der Waals surface area contributed by atoms with Crippen LogP contribution in [-0.2, 0) is 11.8 Å². The van der Waals surface area contributed by atoms with Gasteiger partial charge in [0.15, 0.2) is 5.69 Å². The predicted octanol–water partition coefficient (Wildman–Crippen LogP) is 4.62. The van der Waals surface area contributed by atoms with Gasteiger partial charge in [0, 0.05) is 6.54 Å². The van der Waals surface area contributed by atoms with Crippen LogP contribution in [0.4, 0.5) is 0 Å². The maximum Gasteiger partial charge on any atom is 0.273 e. The Labute approximate surface area is 197 Å². The lowest BCUT2D eigenvalue weighted by Gasteiger charge is -2.55. The highest BCUT2D eigenvalue weighted by Crippen LogP contribution is 2.57. The van der Waals surface area contributed by atoms with Crippen molar-refractivity contribution in [1.29, 1.82) is 0 Å². The molecular weight excluding hydrogens is 414 g/mol. The van der Waals surface area contributed by atoms with Crippen molar-refractivity contribution in [2.75, 3.05) is 6.54 Å². The van der Waals surface area contributed by atoms with Crippen LogP contribution in [0.1, 0.15) is 105 Å². The molecule has 1 aromatic carbocycles. The molecule has 2 aliphatic carbocycles. The quantitative estimate of drug-likeness (QED) is 0.592. The number of oxazole rings is 1. The number of carbonyl (C=O) groups is 1. The topological polar surface area (TPSA) is 101 Å². The average Bonchev–Trinajstić information content (AvgIpc) is 3.26. The number of carbonyl (C=O) groups excluding carboxylic acids is 1. The number of nitrogens with two attached hydrogens (primary N) is 1. The summed E-state index contributed by atoms with van der Waals surface area (Å²) in [5.41, 5.74) is 10.7. The molecule has 33 heavy (non-hydrogen) atoms. The third-order valence-corrected chi connectivity index (χ3v) is 8.38. The molecular formula is C27H39N3O3. The van der Waals surface area contributed by atoms with Crippen LogP contribution in [0.15, 0.2) is 28.9 Å². The number of aliphatic hydroxyl groups is 1. The van der Waals surface area contributed by atoms with Crippen LogP contribution < -0.4 is 11.1 Å². The first-order valence-corrected chi connectivity index (χ1v) is 12.4. The summed E-state index contributed by atoms with van der Waals surface area (Å²) in [5.74, 6) is 0.971. The summed E-state index contributed by atoms with van der Waals surface area (Å²) >= 11 is 0. The molecule has 0 saturated heterocycles.